The average molecular weight is 414 g/mol. The lowest BCUT2D eigenvalue weighted by Crippen LogP contribution is -2.41. The molecule has 3 nitrogen and oxygen atoms in total. The van der Waals surface area contributed by atoms with Crippen LogP contribution >= 0.6 is 23.5 Å². The molecule has 2 heterocycles. The van der Waals surface area contributed by atoms with E-state index in [-0.39, 0.29) is 5.91 Å². The van der Waals surface area contributed by atoms with Gasteiger partial charge in [-0.05, 0) is 60.6 Å². The maximum atomic E-state index is 13.0. The predicted octanol–water partition coefficient (Wildman–Crippen LogP) is 5.49. The zero-order chi connectivity index (χ0) is 19.2. The molecule has 1 unspecified atom stereocenters. The highest BCUT2D eigenvalue weighted by Gasteiger charge is 2.25. The first-order valence-corrected chi connectivity index (χ1v) is 12.2. The Bertz CT molecular complexity index is 760. The lowest BCUT2D eigenvalue weighted by Gasteiger charge is -2.32. The van der Waals surface area contributed by atoms with Crippen LogP contribution in [-0.4, -0.2) is 42.0 Å². The van der Waals surface area contributed by atoms with Gasteiger partial charge in [0.1, 0.15) is 5.75 Å². The molecule has 2 aromatic rings. The molecule has 0 radical (unpaired) electrons. The molecule has 0 N–H and O–H groups in total. The van der Waals surface area contributed by atoms with Gasteiger partial charge in [0, 0.05) is 24.6 Å². The molecule has 2 aliphatic heterocycles. The Morgan fingerprint density at radius 2 is 1.75 bits per heavy atom. The first-order chi connectivity index (χ1) is 13.8. The Morgan fingerprint density at radius 1 is 1.00 bits per heavy atom. The van der Waals surface area contributed by atoms with E-state index in [2.05, 4.69) is 12.1 Å². The lowest BCUT2D eigenvalue weighted by molar-refractivity contribution is 0.0633. The molecule has 0 aliphatic carbocycles. The number of carbonyl (C=O) groups is 1. The Labute approximate surface area is 176 Å². The Balaban J connectivity index is 1.33. The van der Waals surface area contributed by atoms with Crippen LogP contribution in [0.15, 0.2) is 54.6 Å². The summed E-state index contributed by atoms with van der Waals surface area (Å²) in [7, 11) is 0. The summed E-state index contributed by atoms with van der Waals surface area (Å²) in [5, 5.41) is 0. The molecular formula is C23H27NO2S2. The third-order valence-electron chi connectivity index (χ3n) is 5.29. The number of benzene rings is 2. The van der Waals surface area contributed by atoms with Crippen molar-refractivity contribution in [1.82, 2.24) is 4.90 Å². The zero-order valence-electron chi connectivity index (χ0n) is 16.1. The molecule has 148 valence electrons. The fourth-order valence-electron chi connectivity index (χ4n) is 3.76. The summed E-state index contributed by atoms with van der Waals surface area (Å²) in [5.74, 6) is 3.92. The molecule has 2 aliphatic rings. The number of ether oxygens (including phenoxy) is 1. The molecule has 1 atom stereocenters. The number of nitrogens with zero attached hydrogens (tertiary/aromatic N) is 1. The van der Waals surface area contributed by atoms with Gasteiger partial charge < -0.3 is 9.64 Å². The van der Waals surface area contributed by atoms with Crippen LogP contribution in [0.25, 0.3) is 0 Å². The van der Waals surface area contributed by atoms with Crippen LogP contribution in [0.4, 0.5) is 0 Å². The van der Waals surface area contributed by atoms with Crippen molar-refractivity contribution >= 4 is 29.4 Å². The molecule has 0 aromatic heterocycles. The summed E-state index contributed by atoms with van der Waals surface area (Å²) in [6, 6.07) is 18.2. The van der Waals surface area contributed by atoms with Gasteiger partial charge in [0.25, 0.3) is 5.91 Å². The average Bonchev–Trinajstić information content (AvgIpc) is 2.79. The van der Waals surface area contributed by atoms with Crippen molar-refractivity contribution in [3.05, 3.63) is 65.7 Å². The second kappa shape index (κ2) is 9.75. The third kappa shape index (κ3) is 5.06. The first-order valence-electron chi connectivity index (χ1n) is 10.1. The number of amides is 1. The number of para-hydroxylation sites is 1. The first kappa shape index (κ1) is 19.7. The second-order valence-corrected chi connectivity index (χ2v) is 10.2. The minimum absolute atomic E-state index is 0.153. The minimum atomic E-state index is 0.153. The fraction of sp³-hybridized carbons (Fsp3) is 0.435. The van der Waals surface area contributed by atoms with Gasteiger partial charge in [-0.15, -0.1) is 23.5 Å². The van der Waals surface area contributed by atoms with Gasteiger partial charge >= 0.3 is 0 Å². The van der Waals surface area contributed by atoms with E-state index >= 15 is 0 Å². The standard InChI is InChI=1S/C23H27NO2S2/c25-22(19-9-11-20(12-10-19)23-27-14-5-15-28-23)24-13-4-6-18(16-24)17-26-21-7-2-1-3-8-21/h1-3,7-12,18,23H,4-6,13-17H2. The van der Waals surface area contributed by atoms with Crippen LogP contribution in [0.2, 0.25) is 0 Å². The number of hydrogen-bond donors (Lipinski definition) is 0. The van der Waals surface area contributed by atoms with Crippen molar-refractivity contribution in [2.45, 2.75) is 23.8 Å². The summed E-state index contributed by atoms with van der Waals surface area (Å²) in [4.78, 5) is 15.0. The molecule has 0 saturated carbocycles. The molecule has 4 rings (SSSR count). The smallest absolute Gasteiger partial charge is 0.253 e. The molecular weight excluding hydrogens is 386 g/mol. The monoisotopic (exact) mass is 413 g/mol. The quantitative estimate of drug-likeness (QED) is 0.648. The number of piperidine rings is 1. The van der Waals surface area contributed by atoms with Crippen LogP contribution in [0, 0.1) is 5.92 Å². The van der Waals surface area contributed by atoms with Crippen LogP contribution in [-0.2, 0) is 0 Å². The van der Waals surface area contributed by atoms with E-state index < -0.39 is 0 Å². The van der Waals surface area contributed by atoms with Gasteiger partial charge in [0.05, 0.1) is 11.2 Å². The summed E-state index contributed by atoms with van der Waals surface area (Å²) >= 11 is 4.03. The van der Waals surface area contributed by atoms with Crippen LogP contribution in [0.5, 0.6) is 5.75 Å². The van der Waals surface area contributed by atoms with Crippen molar-refractivity contribution in [1.29, 1.82) is 0 Å². The minimum Gasteiger partial charge on any atom is -0.493 e. The van der Waals surface area contributed by atoms with E-state index in [1.54, 1.807) is 0 Å². The summed E-state index contributed by atoms with van der Waals surface area (Å²) < 4.78 is 6.44. The lowest BCUT2D eigenvalue weighted by atomic mass is 9.98. The Hall–Kier alpha value is -1.59. The number of hydrogen-bond acceptors (Lipinski definition) is 4. The molecule has 2 saturated heterocycles. The normalized spacial score (nSPS) is 20.7. The topological polar surface area (TPSA) is 29.5 Å². The largest absolute Gasteiger partial charge is 0.493 e. The number of carbonyl (C=O) groups excluding carboxylic acids is 1. The van der Waals surface area contributed by atoms with E-state index in [4.69, 9.17) is 4.74 Å². The highest BCUT2D eigenvalue weighted by atomic mass is 32.2. The SMILES string of the molecule is O=C(c1ccc(C2SCCCS2)cc1)N1CCCC(COc2ccccc2)C1. The summed E-state index contributed by atoms with van der Waals surface area (Å²) in [6.07, 6.45) is 3.46. The number of thioether (sulfide) groups is 2. The maximum Gasteiger partial charge on any atom is 0.253 e. The highest BCUT2D eigenvalue weighted by molar-refractivity contribution is 8.16. The molecule has 5 heteroatoms. The molecule has 2 fully saturated rings. The van der Waals surface area contributed by atoms with Crippen molar-refractivity contribution in [2.75, 3.05) is 31.2 Å². The summed E-state index contributed by atoms with van der Waals surface area (Å²) in [6.45, 7) is 2.29. The maximum absolute atomic E-state index is 13.0. The van der Waals surface area contributed by atoms with E-state index in [0.717, 1.165) is 37.2 Å². The van der Waals surface area contributed by atoms with Gasteiger partial charge in [0.15, 0.2) is 0 Å². The molecule has 0 spiro atoms. The van der Waals surface area contributed by atoms with Crippen molar-refractivity contribution in [3.63, 3.8) is 0 Å². The van der Waals surface area contributed by atoms with Crippen molar-refractivity contribution in [3.8, 4) is 5.75 Å². The van der Waals surface area contributed by atoms with Gasteiger partial charge in [0.2, 0.25) is 0 Å². The molecule has 0 bridgehead atoms. The van der Waals surface area contributed by atoms with E-state index in [9.17, 15) is 4.79 Å². The van der Waals surface area contributed by atoms with Crippen molar-refractivity contribution in [2.24, 2.45) is 5.92 Å². The fourth-order valence-corrected chi connectivity index (χ4v) is 6.66. The summed E-state index contributed by atoms with van der Waals surface area (Å²) in [5.41, 5.74) is 2.14. The zero-order valence-corrected chi connectivity index (χ0v) is 17.7. The van der Waals surface area contributed by atoms with Crippen LogP contribution < -0.4 is 4.74 Å². The van der Waals surface area contributed by atoms with E-state index in [1.165, 1.54) is 23.5 Å². The van der Waals surface area contributed by atoms with Gasteiger partial charge in [-0.1, -0.05) is 30.3 Å². The van der Waals surface area contributed by atoms with Crippen molar-refractivity contribution < 1.29 is 9.53 Å². The third-order valence-corrected chi connectivity index (χ3v) is 8.31. The predicted molar refractivity (Wildman–Crippen MR) is 119 cm³/mol. The van der Waals surface area contributed by atoms with Gasteiger partial charge in [-0.25, -0.2) is 0 Å². The molecule has 2 aromatic carbocycles. The molecule has 28 heavy (non-hydrogen) atoms. The number of likely N-dealkylation sites (tertiary alicyclic amines) is 1. The van der Waals surface area contributed by atoms with Crippen LogP contribution in [0.3, 0.4) is 0 Å². The van der Waals surface area contributed by atoms with E-state index in [0.29, 0.717) is 17.1 Å². The Morgan fingerprint density at radius 3 is 2.50 bits per heavy atom. The second-order valence-electron chi connectivity index (χ2n) is 7.43. The highest BCUT2D eigenvalue weighted by Crippen LogP contribution is 2.43. The van der Waals surface area contributed by atoms with Crippen LogP contribution in [0.1, 0.15) is 39.8 Å². The van der Waals surface area contributed by atoms with E-state index in [1.807, 2.05) is 70.9 Å². The van der Waals surface area contributed by atoms with Gasteiger partial charge in [-0.2, -0.15) is 0 Å². The van der Waals surface area contributed by atoms with Gasteiger partial charge in [-0.3, -0.25) is 4.79 Å². The number of rotatable bonds is 5. The molecule has 1 amide bonds. The Kier molecular flexibility index (Phi) is 6.86.